The molecule has 3 rings (SSSR count). The van der Waals surface area contributed by atoms with Gasteiger partial charge in [0, 0.05) is 26.2 Å². The Labute approximate surface area is 148 Å². The van der Waals surface area contributed by atoms with Crippen LogP contribution >= 0.6 is 0 Å². The molecule has 138 valence electrons. The summed E-state index contributed by atoms with van der Waals surface area (Å²) in [4.78, 5) is 14.0. The van der Waals surface area contributed by atoms with Crippen molar-refractivity contribution in [3.05, 3.63) is 29.6 Å². The van der Waals surface area contributed by atoms with Gasteiger partial charge in [0.25, 0.3) is 0 Å². The molecule has 2 saturated heterocycles. The number of benzene rings is 1. The van der Waals surface area contributed by atoms with Gasteiger partial charge in [-0.05, 0) is 44.4 Å². The van der Waals surface area contributed by atoms with E-state index in [1.807, 2.05) is 24.8 Å². The quantitative estimate of drug-likeness (QED) is 0.887. The predicted octanol–water partition coefficient (Wildman–Crippen LogP) is 2.62. The monoisotopic (exact) mass is 350 g/mol. The van der Waals surface area contributed by atoms with Crippen molar-refractivity contribution in [2.75, 3.05) is 24.6 Å². The highest BCUT2D eigenvalue weighted by atomic mass is 19.1. The van der Waals surface area contributed by atoms with Crippen molar-refractivity contribution in [3.8, 4) is 0 Å². The van der Waals surface area contributed by atoms with Crippen molar-refractivity contribution in [3.63, 3.8) is 0 Å². The van der Waals surface area contributed by atoms with Crippen LogP contribution in [-0.4, -0.2) is 43.9 Å². The van der Waals surface area contributed by atoms with Crippen LogP contribution in [0.1, 0.15) is 38.7 Å². The standard InChI is InChI=1S/C19H27FN2O3/c1-13-11-22(12-14(2)25-13)18-6-5-15(8-17(18)20)10-21-19(23)9-16-4-3-7-24-16/h5-6,8,13-14,16H,3-4,7,9-12H2,1-2H3,(H,21,23)/t13-,14-,16+/m1/s1. The third-order valence-electron chi connectivity index (χ3n) is 4.70. The summed E-state index contributed by atoms with van der Waals surface area (Å²) in [5.74, 6) is -0.306. The first-order chi connectivity index (χ1) is 12.0. The predicted molar refractivity (Wildman–Crippen MR) is 94.1 cm³/mol. The second kappa shape index (κ2) is 8.15. The number of nitrogens with one attached hydrogen (secondary N) is 1. The van der Waals surface area contributed by atoms with Gasteiger partial charge in [0.05, 0.1) is 30.4 Å². The molecule has 1 amide bonds. The molecule has 1 aromatic rings. The van der Waals surface area contributed by atoms with Gasteiger partial charge in [0.15, 0.2) is 0 Å². The number of carbonyl (C=O) groups is 1. The Morgan fingerprint density at radius 3 is 2.72 bits per heavy atom. The average Bonchev–Trinajstić information content (AvgIpc) is 3.05. The highest BCUT2D eigenvalue weighted by molar-refractivity contribution is 5.76. The normalized spacial score (nSPS) is 26.7. The fourth-order valence-corrected chi connectivity index (χ4v) is 3.58. The lowest BCUT2D eigenvalue weighted by molar-refractivity contribution is -0.123. The lowest BCUT2D eigenvalue weighted by Crippen LogP contribution is -2.45. The van der Waals surface area contributed by atoms with Crippen molar-refractivity contribution >= 4 is 11.6 Å². The van der Waals surface area contributed by atoms with Crippen LogP contribution < -0.4 is 10.2 Å². The average molecular weight is 350 g/mol. The first-order valence-electron chi connectivity index (χ1n) is 9.08. The second-order valence-electron chi connectivity index (χ2n) is 7.06. The number of morpholine rings is 1. The summed E-state index contributed by atoms with van der Waals surface area (Å²) in [7, 11) is 0. The molecule has 0 unspecified atom stereocenters. The van der Waals surface area contributed by atoms with Gasteiger partial charge in [-0.2, -0.15) is 0 Å². The van der Waals surface area contributed by atoms with E-state index in [1.54, 1.807) is 6.07 Å². The van der Waals surface area contributed by atoms with Crippen molar-refractivity contribution in [2.24, 2.45) is 0 Å². The number of anilines is 1. The van der Waals surface area contributed by atoms with Gasteiger partial charge in [-0.1, -0.05) is 6.07 Å². The largest absolute Gasteiger partial charge is 0.378 e. The van der Waals surface area contributed by atoms with Gasteiger partial charge >= 0.3 is 0 Å². The van der Waals surface area contributed by atoms with Crippen LogP contribution in [0, 0.1) is 5.82 Å². The van der Waals surface area contributed by atoms with Crippen LogP contribution in [0.4, 0.5) is 10.1 Å². The van der Waals surface area contributed by atoms with Gasteiger partial charge in [0.2, 0.25) is 5.91 Å². The van der Waals surface area contributed by atoms with Crippen molar-refractivity contribution in [2.45, 2.75) is 58.0 Å². The van der Waals surface area contributed by atoms with E-state index in [0.717, 1.165) is 25.0 Å². The molecule has 1 N–H and O–H groups in total. The summed E-state index contributed by atoms with van der Waals surface area (Å²) in [6, 6.07) is 5.17. The Morgan fingerprint density at radius 1 is 1.32 bits per heavy atom. The number of carbonyl (C=O) groups excluding carboxylic acids is 1. The van der Waals surface area contributed by atoms with Crippen molar-refractivity contribution in [1.82, 2.24) is 5.32 Å². The molecular weight excluding hydrogens is 323 g/mol. The van der Waals surface area contributed by atoms with Crippen LogP contribution in [0.2, 0.25) is 0 Å². The van der Waals surface area contributed by atoms with Crippen LogP contribution in [-0.2, 0) is 20.8 Å². The number of rotatable bonds is 5. The number of hydrogen-bond acceptors (Lipinski definition) is 4. The van der Waals surface area contributed by atoms with E-state index in [0.29, 0.717) is 31.7 Å². The Balaban J connectivity index is 1.55. The molecule has 5 nitrogen and oxygen atoms in total. The zero-order chi connectivity index (χ0) is 17.8. The molecular formula is C19H27FN2O3. The number of ether oxygens (including phenoxy) is 2. The summed E-state index contributed by atoms with van der Waals surface area (Å²) in [5.41, 5.74) is 1.35. The molecule has 0 radical (unpaired) electrons. The lowest BCUT2D eigenvalue weighted by Gasteiger charge is -2.37. The Hall–Kier alpha value is -1.66. The third-order valence-corrected chi connectivity index (χ3v) is 4.70. The zero-order valence-corrected chi connectivity index (χ0v) is 15.0. The summed E-state index contributed by atoms with van der Waals surface area (Å²) >= 11 is 0. The molecule has 2 fully saturated rings. The minimum absolute atomic E-state index is 0.0319. The number of amides is 1. The number of hydrogen-bond donors (Lipinski definition) is 1. The molecule has 0 bridgehead atoms. The molecule has 2 aliphatic heterocycles. The SMILES string of the molecule is C[C@@H]1CN(c2ccc(CNC(=O)C[C@@H]3CCCO3)cc2F)C[C@@H](C)O1. The van der Waals surface area contributed by atoms with Gasteiger partial charge in [-0.3, -0.25) is 4.79 Å². The molecule has 0 saturated carbocycles. The van der Waals surface area contributed by atoms with Gasteiger partial charge < -0.3 is 19.7 Å². The Bertz CT molecular complexity index is 594. The van der Waals surface area contributed by atoms with Crippen LogP contribution in [0.15, 0.2) is 18.2 Å². The van der Waals surface area contributed by atoms with E-state index < -0.39 is 0 Å². The molecule has 0 spiro atoms. The van der Waals surface area contributed by atoms with Gasteiger partial charge in [-0.25, -0.2) is 4.39 Å². The molecule has 2 aliphatic rings. The highest BCUT2D eigenvalue weighted by Gasteiger charge is 2.24. The number of halogens is 1. The molecule has 0 aliphatic carbocycles. The van der Waals surface area contributed by atoms with Crippen LogP contribution in [0.5, 0.6) is 0 Å². The van der Waals surface area contributed by atoms with Crippen molar-refractivity contribution in [1.29, 1.82) is 0 Å². The first-order valence-corrected chi connectivity index (χ1v) is 9.08. The second-order valence-corrected chi connectivity index (χ2v) is 7.06. The van der Waals surface area contributed by atoms with E-state index in [2.05, 4.69) is 5.32 Å². The molecule has 2 heterocycles. The minimum atomic E-state index is -0.257. The fraction of sp³-hybridized carbons (Fsp3) is 0.632. The maximum Gasteiger partial charge on any atom is 0.222 e. The topological polar surface area (TPSA) is 50.8 Å². The maximum atomic E-state index is 14.5. The highest BCUT2D eigenvalue weighted by Crippen LogP contribution is 2.24. The van der Waals surface area contributed by atoms with Gasteiger partial charge in [-0.15, -0.1) is 0 Å². The fourth-order valence-electron chi connectivity index (χ4n) is 3.58. The molecule has 1 aromatic carbocycles. The van der Waals surface area contributed by atoms with Crippen LogP contribution in [0.25, 0.3) is 0 Å². The van der Waals surface area contributed by atoms with E-state index in [-0.39, 0.29) is 30.0 Å². The van der Waals surface area contributed by atoms with E-state index in [4.69, 9.17) is 9.47 Å². The molecule has 3 atom stereocenters. The number of nitrogens with zero attached hydrogens (tertiary/aromatic N) is 1. The van der Waals surface area contributed by atoms with E-state index in [9.17, 15) is 9.18 Å². The maximum absolute atomic E-state index is 14.5. The smallest absolute Gasteiger partial charge is 0.222 e. The van der Waals surface area contributed by atoms with E-state index in [1.165, 1.54) is 6.07 Å². The summed E-state index contributed by atoms with van der Waals surface area (Å²) in [6.45, 7) is 6.43. The Kier molecular flexibility index (Phi) is 5.91. The van der Waals surface area contributed by atoms with Crippen molar-refractivity contribution < 1.29 is 18.7 Å². The summed E-state index contributed by atoms with van der Waals surface area (Å²) in [5, 5.41) is 2.85. The zero-order valence-electron chi connectivity index (χ0n) is 15.0. The van der Waals surface area contributed by atoms with E-state index >= 15 is 0 Å². The van der Waals surface area contributed by atoms with Gasteiger partial charge in [0.1, 0.15) is 5.82 Å². The molecule has 6 heteroatoms. The minimum Gasteiger partial charge on any atom is -0.378 e. The summed E-state index contributed by atoms with van der Waals surface area (Å²) < 4.78 is 25.7. The first kappa shape index (κ1) is 18.1. The third kappa shape index (κ3) is 4.92. The van der Waals surface area contributed by atoms with Crippen LogP contribution in [0.3, 0.4) is 0 Å². The molecule has 0 aromatic heterocycles. The Morgan fingerprint density at radius 2 is 2.08 bits per heavy atom. The lowest BCUT2D eigenvalue weighted by atomic mass is 10.1. The summed E-state index contributed by atoms with van der Waals surface area (Å²) in [6.07, 6.45) is 2.53. The molecule has 25 heavy (non-hydrogen) atoms.